The van der Waals surface area contributed by atoms with Gasteiger partial charge in [0, 0.05) is 24.2 Å². The summed E-state index contributed by atoms with van der Waals surface area (Å²) in [5.41, 5.74) is 0.466. The largest absolute Gasteiger partial charge is 0.393 e. The van der Waals surface area contributed by atoms with Crippen molar-refractivity contribution in [1.29, 1.82) is 0 Å². The number of carbonyl (C=O) groups excluding carboxylic acids is 1. The summed E-state index contributed by atoms with van der Waals surface area (Å²) in [4.78, 5) is 24.2. The number of aliphatic hydroxyl groups excluding tert-OH is 1. The lowest BCUT2D eigenvalue weighted by molar-refractivity contribution is -0.384. The van der Waals surface area contributed by atoms with Crippen molar-refractivity contribution in [2.45, 2.75) is 19.4 Å². The number of carbonyl (C=O) groups is 1. The molecule has 1 aromatic carbocycles. The minimum absolute atomic E-state index is 0.0168. The molecule has 0 aromatic heterocycles. The van der Waals surface area contributed by atoms with Crippen LogP contribution in [-0.2, 0) is 0 Å². The highest BCUT2D eigenvalue weighted by atomic mass is 16.6. The predicted octanol–water partition coefficient (Wildman–Crippen LogP) is 1.48. The predicted molar refractivity (Wildman–Crippen MR) is 73.7 cm³/mol. The number of ketones is 1. The number of non-ortho nitro benzene ring substituents is 1. The van der Waals surface area contributed by atoms with E-state index in [0.717, 1.165) is 19.5 Å². The number of hydrogen-bond donors (Lipinski definition) is 1. The Kier molecular flexibility index (Phi) is 4.46. The van der Waals surface area contributed by atoms with Gasteiger partial charge in [0.1, 0.15) is 0 Å². The molecule has 1 aliphatic rings. The highest BCUT2D eigenvalue weighted by Gasteiger charge is 2.27. The third-order valence-electron chi connectivity index (χ3n) is 3.76. The smallest absolute Gasteiger partial charge is 0.269 e. The normalized spacial score (nSPS) is 20.8. The van der Waals surface area contributed by atoms with Crippen molar-refractivity contribution in [1.82, 2.24) is 4.90 Å². The number of Topliss-reactive ketones (excluding diaryl/α,β-unsaturated/α-hetero) is 1. The van der Waals surface area contributed by atoms with Gasteiger partial charge in [-0.2, -0.15) is 0 Å². The van der Waals surface area contributed by atoms with Crippen LogP contribution in [0.1, 0.15) is 23.7 Å². The first-order valence-electron chi connectivity index (χ1n) is 6.65. The Morgan fingerprint density at radius 3 is 2.65 bits per heavy atom. The zero-order valence-corrected chi connectivity index (χ0v) is 11.4. The fraction of sp³-hybridized carbons (Fsp3) is 0.500. The van der Waals surface area contributed by atoms with Gasteiger partial charge in [-0.25, -0.2) is 0 Å². The molecule has 1 fully saturated rings. The molecular weight excluding hydrogens is 260 g/mol. The summed E-state index contributed by atoms with van der Waals surface area (Å²) in [6.45, 7) is 3.58. The number of aliphatic hydroxyl groups is 1. The molecule has 1 aliphatic heterocycles. The number of hydrogen-bond acceptors (Lipinski definition) is 5. The number of benzene rings is 1. The van der Waals surface area contributed by atoms with Crippen LogP contribution in [0, 0.1) is 16.0 Å². The molecule has 1 saturated heterocycles. The number of nitro groups is 1. The van der Waals surface area contributed by atoms with Crippen LogP contribution in [0.2, 0.25) is 0 Å². The van der Waals surface area contributed by atoms with Crippen molar-refractivity contribution < 1.29 is 14.8 Å². The molecule has 0 saturated carbocycles. The third-order valence-corrected chi connectivity index (χ3v) is 3.76. The molecule has 6 heteroatoms. The first kappa shape index (κ1) is 14.6. The molecular formula is C14H18N2O4. The van der Waals surface area contributed by atoms with E-state index in [2.05, 4.69) is 0 Å². The monoisotopic (exact) mass is 278 g/mol. The van der Waals surface area contributed by atoms with Crippen LogP contribution in [0.15, 0.2) is 24.3 Å². The van der Waals surface area contributed by atoms with E-state index < -0.39 is 4.92 Å². The minimum Gasteiger partial charge on any atom is -0.393 e. The van der Waals surface area contributed by atoms with Crippen LogP contribution in [0.25, 0.3) is 0 Å². The zero-order valence-electron chi connectivity index (χ0n) is 11.4. The van der Waals surface area contributed by atoms with Crippen molar-refractivity contribution in [2.24, 2.45) is 5.92 Å². The molecule has 1 N–H and O–H groups in total. The van der Waals surface area contributed by atoms with Crippen LogP contribution in [0.5, 0.6) is 0 Å². The maximum atomic E-state index is 12.1. The lowest BCUT2D eigenvalue weighted by Crippen LogP contribution is -2.29. The van der Waals surface area contributed by atoms with Crippen molar-refractivity contribution >= 4 is 11.5 Å². The highest BCUT2D eigenvalue weighted by molar-refractivity contribution is 5.97. The van der Waals surface area contributed by atoms with E-state index in [0.29, 0.717) is 12.1 Å². The number of likely N-dealkylation sites (tertiary alicyclic amines) is 1. The van der Waals surface area contributed by atoms with Gasteiger partial charge < -0.3 is 5.11 Å². The summed E-state index contributed by atoms with van der Waals surface area (Å²) < 4.78 is 0. The van der Waals surface area contributed by atoms with Crippen molar-refractivity contribution in [3.8, 4) is 0 Å². The molecule has 0 bridgehead atoms. The fourth-order valence-electron chi connectivity index (χ4n) is 2.46. The van der Waals surface area contributed by atoms with Crippen LogP contribution in [0.3, 0.4) is 0 Å². The molecule has 1 heterocycles. The number of rotatable bonds is 5. The standard InChI is InChI=1S/C14H18N2O4/c1-10(17)12-6-7-15(8-12)9-14(18)11-2-4-13(5-3-11)16(19)20/h2-5,10,12,17H,6-9H2,1H3. The average molecular weight is 278 g/mol. The molecule has 108 valence electrons. The average Bonchev–Trinajstić information content (AvgIpc) is 2.87. The van der Waals surface area contributed by atoms with Gasteiger partial charge in [0.05, 0.1) is 17.6 Å². The second-order valence-corrected chi connectivity index (χ2v) is 5.25. The van der Waals surface area contributed by atoms with Crippen LogP contribution in [-0.4, -0.2) is 46.5 Å². The Hall–Kier alpha value is -1.79. The maximum absolute atomic E-state index is 12.1. The topological polar surface area (TPSA) is 83.7 Å². The molecule has 20 heavy (non-hydrogen) atoms. The fourth-order valence-corrected chi connectivity index (χ4v) is 2.46. The molecule has 1 aromatic rings. The molecule has 6 nitrogen and oxygen atoms in total. The van der Waals surface area contributed by atoms with E-state index in [1.807, 2.05) is 4.90 Å². The summed E-state index contributed by atoms with van der Waals surface area (Å²) in [7, 11) is 0. The van der Waals surface area contributed by atoms with Crippen molar-refractivity contribution in [3.05, 3.63) is 39.9 Å². The van der Waals surface area contributed by atoms with Gasteiger partial charge in [-0.3, -0.25) is 19.8 Å². The van der Waals surface area contributed by atoms with Crippen LogP contribution < -0.4 is 0 Å². The summed E-state index contributed by atoms with van der Waals surface area (Å²) in [5.74, 6) is 0.172. The summed E-state index contributed by atoms with van der Waals surface area (Å²) in [5, 5.41) is 20.1. The van der Waals surface area contributed by atoms with E-state index in [1.54, 1.807) is 6.92 Å². The molecule has 0 radical (unpaired) electrons. The Bertz CT molecular complexity index is 498. The van der Waals surface area contributed by atoms with Gasteiger partial charge in [0.25, 0.3) is 5.69 Å². The van der Waals surface area contributed by atoms with E-state index in [4.69, 9.17) is 0 Å². The molecule has 2 atom stereocenters. The van der Waals surface area contributed by atoms with Gasteiger partial charge in [-0.1, -0.05) is 0 Å². The Morgan fingerprint density at radius 1 is 1.50 bits per heavy atom. The van der Waals surface area contributed by atoms with Crippen LogP contribution >= 0.6 is 0 Å². The summed E-state index contributed by atoms with van der Waals surface area (Å²) >= 11 is 0. The quantitative estimate of drug-likeness (QED) is 0.501. The number of nitro benzene ring substituents is 1. The Labute approximate surface area is 117 Å². The second kappa shape index (κ2) is 6.11. The SMILES string of the molecule is CC(O)C1CCN(CC(=O)c2ccc([N+](=O)[O-])cc2)C1. The van der Waals surface area contributed by atoms with Gasteiger partial charge in [-0.15, -0.1) is 0 Å². The van der Waals surface area contributed by atoms with E-state index >= 15 is 0 Å². The lowest BCUT2D eigenvalue weighted by Gasteiger charge is -2.16. The third kappa shape index (κ3) is 3.40. The molecule has 0 amide bonds. The minimum atomic E-state index is -0.484. The second-order valence-electron chi connectivity index (χ2n) is 5.25. The summed E-state index contributed by atoms with van der Waals surface area (Å²) in [6.07, 6.45) is 0.542. The van der Waals surface area contributed by atoms with E-state index in [1.165, 1.54) is 24.3 Å². The van der Waals surface area contributed by atoms with Gasteiger partial charge in [0.2, 0.25) is 0 Å². The van der Waals surface area contributed by atoms with E-state index in [-0.39, 0.29) is 23.5 Å². The maximum Gasteiger partial charge on any atom is 0.269 e. The molecule has 2 rings (SSSR count). The molecule has 0 spiro atoms. The summed E-state index contributed by atoms with van der Waals surface area (Å²) in [6, 6.07) is 5.66. The lowest BCUT2D eigenvalue weighted by atomic mass is 10.0. The highest BCUT2D eigenvalue weighted by Crippen LogP contribution is 2.20. The van der Waals surface area contributed by atoms with Crippen molar-refractivity contribution in [2.75, 3.05) is 19.6 Å². The van der Waals surface area contributed by atoms with Gasteiger partial charge in [0.15, 0.2) is 5.78 Å². The number of nitrogens with zero attached hydrogens (tertiary/aromatic N) is 2. The van der Waals surface area contributed by atoms with Crippen LogP contribution in [0.4, 0.5) is 5.69 Å². The first-order valence-corrected chi connectivity index (χ1v) is 6.65. The zero-order chi connectivity index (χ0) is 14.7. The van der Waals surface area contributed by atoms with Gasteiger partial charge in [-0.05, 0) is 37.9 Å². The molecule has 0 aliphatic carbocycles. The first-order chi connectivity index (χ1) is 9.47. The van der Waals surface area contributed by atoms with Gasteiger partial charge >= 0.3 is 0 Å². The Morgan fingerprint density at radius 2 is 2.15 bits per heavy atom. The Balaban J connectivity index is 1.94. The van der Waals surface area contributed by atoms with E-state index in [9.17, 15) is 20.0 Å². The molecule has 2 unspecified atom stereocenters. The van der Waals surface area contributed by atoms with Crippen molar-refractivity contribution in [3.63, 3.8) is 0 Å².